The van der Waals surface area contributed by atoms with Crippen molar-refractivity contribution in [2.45, 2.75) is 6.42 Å². The largest absolute Gasteiger partial charge is 0.493 e. The summed E-state index contributed by atoms with van der Waals surface area (Å²) in [5.41, 5.74) is 4.15. The van der Waals surface area contributed by atoms with E-state index >= 15 is 0 Å². The number of aromatic amines is 1. The van der Waals surface area contributed by atoms with E-state index < -0.39 is 5.97 Å². The number of hydrogen-bond acceptors (Lipinski definition) is 4. The molecule has 0 spiro atoms. The van der Waals surface area contributed by atoms with Crippen LogP contribution < -0.4 is 4.74 Å². The Morgan fingerprint density at radius 2 is 1.76 bits per heavy atom. The van der Waals surface area contributed by atoms with E-state index in [0.29, 0.717) is 17.8 Å². The van der Waals surface area contributed by atoms with Crippen LogP contribution in [0.2, 0.25) is 0 Å². The highest BCUT2D eigenvalue weighted by atomic mass is 19.1. The second-order valence-electron chi connectivity index (χ2n) is 7.69. The first-order valence-corrected chi connectivity index (χ1v) is 10.6. The number of benzene rings is 3. The lowest BCUT2D eigenvalue weighted by Crippen LogP contribution is -2.05. The number of ether oxygens (including phenoxy) is 2. The molecule has 0 saturated carbocycles. The van der Waals surface area contributed by atoms with Crippen molar-refractivity contribution in [1.29, 1.82) is 0 Å². The Balaban J connectivity index is 1.49. The van der Waals surface area contributed by atoms with Crippen molar-refractivity contribution in [2.75, 3.05) is 13.7 Å². The normalized spacial score (nSPS) is 11.1. The highest BCUT2D eigenvalue weighted by molar-refractivity contribution is 6.12. The number of hydrogen-bond donors (Lipinski definition) is 1. The van der Waals surface area contributed by atoms with Crippen LogP contribution in [-0.2, 0) is 11.2 Å². The molecular weight excluding hydrogens is 419 g/mol. The Bertz CT molecular complexity index is 1440. The third-order valence-corrected chi connectivity index (χ3v) is 5.58. The van der Waals surface area contributed by atoms with Crippen molar-refractivity contribution in [3.63, 3.8) is 0 Å². The first-order valence-electron chi connectivity index (χ1n) is 10.6. The van der Waals surface area contributed by atoms with E-state index in [9.17, 15) is 9.18 Å². The first kappa shape index (κ1) is 20.7. The number of pyridine rings is 1. The summed E-state index contributed by atoms with van der Waals surface area (Å²) in [6.45, 7) is 0.567. The fourth-order valence-electron chi connectivity index (χ4n) is 3.93. The first-order chi connectivity index (χ1) is 16.1. The minimum Gasteiger partial charge on any atom is -0.493 e. The minimum absolute atomic E-state index is 0.188. The number of nitrogens with zero attached hydrogens (tertiary/aromatic N) is 1. The Hall–Kier alpha value is -4.19. The summed E-state index contributed by atoms with van der Waals surface area (Å²) in [6.07, 6.45) is 0.817. The quantitative estimate of drug-likeness (QED) is 0.332. The molecule has 5 nitrogen and oxygen atoms in total. The summed E-state index contributed by atoms with van der Waals surface area (Å²) in [7, 11) is 1.32. The highest BCUT2D eigenvalue weighted by Crippen LogP contribution is 2.33. The standard InChI is InChI=1S/C27H21FN2O3/c1-32-27(31)24-16-22-21-12-9-19(28)15-23(21)29-26(22)25(30-24)18-7-10-20(11-8-18)33-14-13-17-5-3-2-4-6-17/h2-12,15-16,29H,13-14H2,1H3. The molecule has 0 unspecified atom stereocenters. The van der Waals surface area contributed by atoms with Gasteiger partial charge in [0, 0.05) is 28.3 Å². The maximum absolute atomic E-state index is 13.8. The number of H-pyrrole nitrogens is 1. The van der Waals surface area contributed by atoms with Gasteiger partial charge in [-0.15, -0.1) is 0 Å². The molecule has 0 aliphatic rings. The van der Waals surface area contributed by atoms with Crippen molar-refractivity contribution >= 4 is 27.8 Å². The molecule has 0 bridgehead atoms. The molecule has 2 heterocycles. The van der Waals surface area contributed by atoms with Crippen LogP contribution in [0.1, 0.15) is 16.1 Å². The van der Waals surface area contributed by atoms with Gasteiger partial charge in [0.25, 0.3) is 0 Å². The van der Waals surface area contributed by atoms with Gasteiger partial charge >= 0.3 is 5.97 Å². The van der Waals surface area contributed by atoms with Crippen molar-refractivity contribution in [3.05, 3.63) is 95.9 Å². The SMILES string of the molecule is COC(=O)c1cc2c([nH]c3cc(F)ccc32)c(-c2ccc(OCCc3ccccc3)cc2)n1. The number of halogens is 1. The van der Waals surface area contributed by atoms with Crippen LogP contribution in [-0.4, -0.2) is 29.7 Å². The van der Waals surface area contributed by atoms with Crippen molar-refractivity contribution in [2.24, 2.45) is 0 Å². The zero-order valence-electron chi connectivity index (χ0n) is 18.0. The van der Waals surface area contributed by atoms with Gasteiger partial charge in [-0.3, -0.25) is 0 Å². The fourth-order valence-corrected chi connectivity index (χ4v) is 3.93. The van der Waals surface area contributed by atoms with Crippen LogP contribution in [0, 0.1) is 5.82 Å². The maximum Gasteiger partial charge on any atom is 0.356 e. The fraction of sp³-hybridized carbons (Fsp3) is 0.111. The average molecular weight is 440 g/mol. The molecule has 0 aliphatic carbocycles. The third kappa shape index (κ3) is 4.15. The molecule has 164 valence electrons. The number of carbonyl (C=O) groups is 1. The summed E-state index contributed by atoms with van der Waals surface area (Å²) in [4.78, 5) is 20.1. The van der Waals surface area contributed by atoms with Gasteiger partial charge in [-0.05, 0) is 54.1 Å². The van der Waals surface area contributed by atoms with E-state index in [1.165, 1.54) is 24.8 Å². The lowest BCUT2D eigenvalue weighted by atomic mass is 10.1. The zero-order valence-corrected chi connectivity index (χ0v) is 18.0. The summed E-state index contributed by atoms with van der Waals surface area (Å²) < 4.78 is 24.6. The molecule has 2 aromatic heterocycles. The highest BCUT2D eigenvalue weighted by Gasteiger charge is 2.17. The lowest BCUT2D eigenvalue weighted by molar-refractivity contribution is 0.0594. The molecular formula is C27H21FN2O3. The Kier molecular flexibility index (Phi) is 5.48. The van der Waals surface area contributed by atoms with E-state index in [4.69, 9.17) is 9.47 Å². The van der Waals surface area contributed by atoms with E-state index in [0.717, 1.165) is 34.0 Å². The van der Waals surface area contributed by atoms with Crippen LogP contribution in [0.15, 0.2) is 78.9 Å². The number of carbonyl (C=O) groups excluding carboxylic acids is 1. The van der Waals surface area contributed by atoms with Gasteiger partial charge in [0.05, 0.1) is 24.9 Å². The molecule has 0 aliphatic heterocycles. The van der Waals surface area contributed by atoms with E-state index in [2.05, 4.69) is 22.1 Å². The Labute approximate surface area is 189 Å². The van der Waals surface area contributed by atoms with Crippen molar-refractivity contribution < 1.29 is 18.7 Å². The Morgan fingerprint density at radius 1 is 0.970 bits per heavy atom. The summed E-state index contributed by atoms with van der Waals surface area (Å²) >= 11 is 0. The predicted octanol–water partition coefficient (Wildman–Crippen LogP) is 5.93. The average Bonchev–Trinajstić information content (AvgIpc) is 3.21. The Morgan fingerprint density at radius 3 is 2.52 bits per heavy atom. The number of rotatable bonds is 6. The third-order valence-electron chi connectivity index (χ3n) is 5.58. The van der Waals surface area contributed by atoms with Gasteiger partial charge in [0.15, 0.2) is 0 Å². The second kappa shape index (κ2) is 8.74. The number of nitrogens with one attached hydrogen (secondary N) is 1. The van der Waals surface area contributed by atoms with Crippen LogP contribution in [0.4, 0.5) is 4.39 Å². The molecule has 1 N–H and O–H groups in total. The number of aromatic nitrogens is 2. The van der Waals surface area contributed by atoms with Crippen LogP contribution in [0.3, 0.4) is 0 Å². The topological polar surface area (TPSA) is 64.2 Å². The molecule has 0 fully saturated rings. The molecule has 5 rings (SSSR count). The minimum atomic E-state index is -0.532. The number of fused-ring (bicyclic) bond motifs is 3. The molecule has 33 heavy (non-hydrogen) atoms. The van der Waals surface area contributed by atoms with Crippen molar-refractivity contribution in [1.82, 2.24) is 9.97 Å². The summed E-state index contributed by atoms with van der Waals surface area (Å²) in [5, 5.41) is 1.58. The van der Waals surface area contributed by atoms with Crippen molar-refractivity contribution in [3.8, 4) is 17.0 Å². The van der Waals surface area contributed by atoms with Gasteiger partial charge in [0.1, 0.15) is 17.3 Å². The number of esters is 1. The zero-order chi connectivity index (χ0) is 22.8. The van der Waals surface area contributed by atoms with Crippen LogP contribution in [0.5, 0.6) is 5.75 Å². The van der Waals surface area contributed by atoms with E-state index in [1.54, 1.807) is 12.1 Å². The van der Waals surface area contributed by atoms with E-state index in [-0.39, 0.29) is 11.5 Å². The lowest BCUT2D eigenvalue weighted by Gasteiger charge is -2.09. The maximum atomic E-state index is 13.8. The molecule has 0 saturated heterocycles. The molecule has 5 aromatic rings. The van der Waals surface area contributed by atoms with Crippen LogP contribution >= 0.6 is 0 Å². The van der Waals surface area contributed by atoms with Gasteiger partial charge in [0.2, 0.25) is 0 Å². The summed E-state index contributed by atoms with van der Waals surface area (Å²) in [5.74, 6) is -0.127. The van der Waals surface area contributed by atoms with Gasteiger partial charge in [-0.1, -0.05) is 30.3 Å². The predicted molar refractivity (Wildman–Crippen MR) is 126 cm³/mol. The molecule has 0 amide bonds. The van der Waals surface area contributed by atoms with Gasteiger partial charge < -0.3 is 14.5 Å². The molecule has 3 aromatic carbocycles. The second-order valence-corrected chi connectivity index (χ2v) is 7.69. The van der Waals surface area contributed by atoms with E-state index in [1.807, 2.05) is 42.5 Å². The monoisotopic (exact) mass is 440 g/mol. The summed E-state index contributed by atoms with van der Waals surface area (Å²) in [6, 6.07) is 23.9. The molecule has 0 radical (unpaired) electrons. The van der Waals surface area contributed by atoms with Gasteiger partial charge in [-0.2, -0.15) is 0 Å². The smallest absolute Gasteiger partial charge is 0.356 e. The van der Waals surface area contributed by atoms with Crippen LogP contribution in [0.25, 0.3) is 33.1 Å². The number of methoxy groups -OCH3 is 1. The molecule has 0 atom stereocenters. The molecule has 6 heteroatoms. The van der Waals surface area contributed by atoms with Gasteiger partial charge in [-0.25, -0.2) is 14.2 Å².